The van der Waals surface area contributed by atoms with E-state index in [4.69, 9.17) is 0 Å². The van der Waals surface area contributed by atoms with Crippen molar-refractivity contribution in [1.82, 2.24) is 14.7 Å². The average molecular weight is 363 g/mol. The molecule has 1 aromatic rings. The SMILES string of the molecule is CN(CCN1CCCC1)CC1(O)CCCN(Cc2ccccc2F)C1=O. The van der Waals surface area contributed by atoms with E-state index in [0.717, 1.165) is 32.6 Å². The number of rotatable bonds is 7. The van der Waals surface area contributed by atoms with Gasteiger partial charge in [-0.15, -0.1) is 0 Å². The summed E-state index contributed by atoms with van der Waals surface area (Å²) in [6, 6.07) is 6.51. The summed E-state index contributed by atoms with van der Waals surface area (Å²) < 4.78 is 13.9. The molecule has 1 aromatic carbocycles. The number of aliphatic hydroxyl groups is 1. The zero-order valence-electron chi connectivity index (χ0n) is 15.7. The van der Waals surface area contributed by atoms with Crippen LogP contribution in [0.4, 0.5) is 4.39 Å². The summed E-state index contributed by atoms with van der Waals surface area (Å²) in [6.07, 6.45) is 3.72. The normalized spacial score (nSPS) is 24.6. The molecule has 0 aromatic heterocycles. The summed E-state index contributed by atoms with van der Waals surface area (Å²) in [5.74, 6) is -0.586. The number of carbonyl (C=O) groups excluding carboxylic acids is 1. The Bertz CT molecular complexity index is 621. The number of benzene rings is 1. The first-order valence-corrected chi connectivity index (χ1v) is 9.64. The largest absolute Gasteiger partial charge is 0.379 e. The molecule has 6 heteroatoms. The van der Waals surface area contributed by atoms with Gasteiger partial charge in [-0.1, -0.05) is 18.2 Å². The van der Waals surface area contributed by atoms with Crippen LogP contribution in [0, 0.1) is 5.82 Å². The minimum atomic E-state index is -1.37. The van der Waals surface area contributed by atoms with Crippen molar-refractivity contribution in [3.63, 3.8) is 0 Å². The van der Waals surface area contributed by atoms with Crippen LogP contribution in [0.15, 0.2) is 24.3 Å². The van der Waals surface area contributed by atoms with E-state index in [0.29, 0.717) is 25.1 Å². The zero-order valence-corrected chi connectivity index (χ0v) is 15.7. The number of likely N-dealkylation sites (N-methyl/N-ethyl adjacent to an activating group) is 1. The van der Waals surface area contributed by atoms with Gasteiger partial charge in [0.25, 0.3) is 5.91 Å². The van der Waals surface area contributed by atoms with E-state index in [1.807, 2.05) is 11.9 Å². The number of likely N-dealkylation sites (tertiary alicyclic amines) is 2. The highest BCUT2D eigenvalue weighted by Gasteiger charge is 2.42. The topological polar surface area (TPSA) is 47.0 Å². The Morgan fingerprint density at radius 1 is 1.19 bits per heavy atom. The van der Waals surface area contributed by atoms with Crippen LogP contribution in [0.5, 0.6) is 0 Å². The van der Waals surface area contributed by atoms with E-state index in [-0.39, 0.29) is 18.3 Å². The van der Waals surface area contributed by atoms with Crippen LogP contribution in [0.1, 0.15) is 31.2 Å². The van der Waals surface area contributed by atoms with Gasteiger partial charge in [0.1, 0.15) is 5.82 Å². The third-order valence-electron chi connectivity index (χ3n) is 5.55. The third kappa shape index (κ3) is 4.61. The Labute approximate surface area is 155 Å². The van der Waals surface area contributed by atoms with Gasteiger partial charge in [-0.3, -0.25) is 4.79 Å². The van der Waals surface area contributed by atoms with Crippen molar-refractivity contribution in [3.05, 3.63) is 35.6 Å². The maximum atomic E-state index is 13.9. The molecular weight excluding hydrogens is 333 g/mol. The molecule has 5 nitrogen and oxygen atoms in total. The van der Waals surface area contributed by atoms with Crippen molar-refractivity contribution in [2.45, 2.75) is 37.8 Å². The highest BCUT2D eigenvalue weighted by molar-refractivity contribution is 5.86. The first kappa shape index (κ1) is 19.3. The zero-order chi connectivity index (χ0) is 18.6. The molecule has 0 saturated carbocycles. The van der Waals surface area contributed by atoms with Gasteiger partial charge in [-0.05, 0) is 51.9 Å². The van der Waals surface area contributed by atoms with E-state index >= 15 is 0 Å². The van der Waals surface area contributed by atoms with Gasteiger partial charge in [-0.2, -0.15) is 0 Å². The van der Waals surface area contributed by atoms with Gasteiger partial charge in [0.05, 0.1) is 0 Å². The van der Waals surface area contributed by atoms with Gasteiger partial charge < -0.3 is 19.8 Å². The minimum absolute atomic E-state index is 0.214. The molecule has 2 aliphatic rings. The van der Waals surface area contributed by atoms with Crippen LogP contribution in [0.3, 0.4) is 0 Å². The first-order chi connectivity index (χ1) is 12.5. The summed E-state index contributed by atoms with van der Waals surface area (Å²) >= 11 is 0. The van der Waals surface area contributed by atoms with Crippen molar-refractivity contribution in [3.8, 4) is 0 Å². The molecule has 1 amide bonds. The highest BCUT2D eigenvalue weighted by Crippen LogP contribution is 2.25. The Morgan fingerprint density at radius 2 is 1.92 bits per heavy atom. The van der Waals surface area contributed by atoms with Crippen LogP contribution in [-0.4, -0.2) is 77.6 Å². The molecule has 2 aliphatic heterocycles. The molecule has 0 aliphatic carbocycles. The van der Waals surface area contributed by atoms with Crippen molar-refractivity contribution in [2.75, 3.05) is 46.3 Å². The van der Waals surface area contributed by atoms with Crippen LogP contribution < -0.4 is 0 Å². The van der Waals surface area contributed by atoms with Crippen molar-refractivity contribution < 1.29 is 14.3 Å². The van der Waals surface area contributed by atoms with Gasteiger partial charge in [0, 0.05) is 38.3 Å². The van der Waals surface area contributed by atoms with E-state index in [2.05, 4.69) is 4.90 Å². The van der Waals surface area contributed by atoms with Crippen molar-refractivity contribution in [1.29, 1.82) is 0 Å². The van der Waals surface area contributed by atoms with Crippen LogP contribution in [0.25, 0.3) is 0 Å². The van der Waals surface area contributed by atoms with Crippen LogP contribution in [0.2, 0.25) is 0 Å². The fourth-order valence-electron chi connectivity index (χ4n) is 4.04. The Balaban J connectivity index is 1.57. The Morgan fingerprint density at radius 3 is 2.65 bits per heavy atom. The molecule has 1 atom stereocenters. The average Bonchev–Trinajstić information content (AvgIpc) is 3.13. The molecule has 144 valence electrons. The number of carbonyl (C=O) groups is 1. The summed E-state index contributed by atoms with van der Waals surface area (Å²) in [5.41, 5.74) is -0.879. The number of piperidine rings is 1. The number of hydrogen-bond donors (Lipinski definition) is 1. The van der Waals surface area contributed by atoms with Crippen LogP contribution >= 0.6 is 0 Å². The predicted molar refractivity (Wildman–Crippen MR) is 99.2 cm³/mol. The maximum absolute atomic E-state index is 13.9. The number of hydrogen-bond acceptors (Lipinski definition) is 4. The van der Waals surface area contributed by atoms with E-state index in [1.54, 1.807) is 23.1 Å². The summed E-state index contributed by atoms with van der Waals surface area (Å²) in [6.45, 7) is 5.20. The highest BCUT2D eigenvalue weighted by atomic mass is 19.1. The van der Waals surface area contributed by atoms with Crippen LogP contribution in [-0.2, 0) is 11.3 Å². The Kier molecular flexibility index (Phi) is 6.27. The smallest absolute Gasteiger partial charge is 0.256 e. The number of halogens is 1. The molecule has 0 bridgehead atoms. The lowest BCUT2D eigenvalue weighted by Crippen LogP contribution is -2.58. The second-order valence-corrected chi connectivity index (χ2v) is 7.74. The summed E-state index contributed by atoms with van der Waals surface area (Å²) in [5, 5.41) is 11.0. The fourth-order valence-corrected chi connectivity index (χ4v) is 4.04. The molecule has 26 heavy (non-hydrogen) atoms. The minimum Gasteiger partial charge on any atom is -0.379 e. The molecule has 1 N–H and O–H groups in total. The summed E-state index contributed by atoms with van der Waals surface area (Å²) in [4.78, 5) is 18.9. The first-order valence-electron chi connectivity index (χ1n) is 9.64. The second kappa shape index (κ2) is 8.46. The molecule has 0 spiro atoms. The number of amides is 1. The van der Waals surface area contributed by atoms with Crippen molar-refractivity contribution >= 4 is 5.91 Å². The maximum Gasteiger partial charge on any atom is 0.256 e. The summed E-state index contributed by atoms with van der Waals surface area (Å²) in [7, 11) is 1.96. The van der Waals surface area contributed by atoms with Gasteiger partial charge in [0.2, 0.25) is 0 Å². The molecular formula is C20H30FN3O2. The standard InChI is InChI=1S/C20H30FN3O2/c1-22(13-14-23-10-4-5-11-23)16-20(26)9-6-12-24(19(20)25)15-17-7-2-3-8-18(17)21/h2-3,7-8,26H,4-6,9-16H2,1H3. The molecule has 2 saturated heterocycles. The van der Waals surface area contributed by atoms with E-state index in [1.165, 1.54) is 18.9 Å². The lowest BCUT2D eigenvalue weighted by molar-refractivity contribution is -0.159. The predicted octanol–water partition coefficient (Wildman–Crippen LogP) is 1.71. The molecule has 0 radical (unpaired) electrons. The molecule has 3 rings (SSSR count). The van der Waals surface area contributed by atoms with E-state index in [9.17, 15) is 14.3 Å². The van der Waals surface area contributed by atoms with Crippen molar-refractivity contribution in [2.24, 2.45) is 0 Å². The quantitative estimate of drug-likeness (QED) is 0.801. The fraction of sp³-hybridized carbons (Fsp3) is 0.650. The number of nitrogens with zero attached hydrogens (tertiary/aromatic N) is 3. The van der Waals surface area contributed by atoms with Gasteiger partial charge >= 0.3 is 0 Å². The Hall–Kier alpha value is -1.50. The lowest BCUT2D eigenvalue weighted by Gasteiger charge is -2.40. The van der Waals surface area contributed by atoms with Gasteiger partial charge in [0.15, 0.2) is 5.60 Å². The van der Waals surface area contributed by atoms with Gasteiger partial charge in [-0.25, -0.2) is 4.39 Å². The third-order valence-corrected chi connectivity index (χ3v) is 5.55. The lowest BCUT2D eigenvalue weighted by atomic mass is 9.90. The monoisotopic (exact) mass is 363 g/mol. The second-order valence-electron chi connectivity index (χ2n) is 7.74. The molecule has 2 heterocycles. The molecule has 1 unspecified atom stereocenters. The molecule has 2 fully saturated rings. The van der Waals surface area contributed by atoms with E-state index < -0.39 is 5.60 Å².